The van der Waals surface area contributed by atoms with Crippen LogP contribution in [-0.4, -0.2) is 6.36 Å². The molecule has 7 heteroatoms. The van der Waals surface area contributed by atoms with E-state index in [9.17, 15) is 26.3 Å². The van der Waals surface area contributed by atoms with Crippen LogP contribution in [0.2, 0.25) is 0 Å². The summed E-state index contributed by atoms with van der Waals surface area (Å²) in [6, 6.07) is 6.30. The lowest BCUT2D eigenvalue weighted by Gasteiger charge is -2.26. The molecular weight excluding hydrogens is 442 g/mol. The molecule has 0 bridgehead atoms. The molecule has 1 aliphatic carbocycles. The van der Waals surface area contributed by atoms with E-state index < -0.39 is 23.7 Å². The molecule has 0 aliphatic heterocycles. The van der Waals surface area contributed by atoms with Crippen LogP contribution in [0.3, 0.4) is 0 Å². The second-order valence-electron chi connectivity index (χ2n) is 8.92. The number of fused-ring (bicyclic) bond motifs is 1. The molecule has 1 unspecified atom stereocenters. The third kappa shape index (κ3) is 7.15. The lowest BCUT2D eigenvalue weighted by Crippen LogP contribution is -2.22. The summed E-state index contributed by atoms with van der Waals surface area (Å²) >= 11 is 0. The molecule has 0 amide bonds. The molecule has 0 heterocycles. The van der Waals surface area contributed by atoms with Gasteiger partial charge in [0.15, 0.2) is 11.6 Å². The highest BCUT2D eigenvalue weighted by Gasteiger charge is 2.36. The highest BCUT2D eigenvalue weighted by Crippen LogP contribution is 2.37. The van der Waals surface area contributed by atoms with Crippen molar-refractivity contribution >= 4 is 0 Å². The fraction of sp³-hybridized carbons (Fsp3) is 0.538. The van der Waals surface area contributed by atoms with E-state index in [4.69, 9.17) is 0 Å². The SMILES string of the molecule is CCCCCCCc1ccc(CCC2CCc3c(cc(F)c(OC(F)(F)F)c3F)C2)c(F)c1. The molecular formula is C26H30F6O. The second kappa shape index (κ2) is 11.3. The highest BCUT2D eigenvalue weighted by atomic mass is 19.4. The Morgan fingerprint density at radius 1 is 0.939 bits per heavy atom. The largest absolute Gasteiger partial charge is 0.573 e. The van der Waals surface area contributed by atoms with E-state index in [0.29, 0.717) is 36.8 Å². The summed E-state index contributed by atoms with van der Waals surface area (Å²) in [6.07, 6.45) is 3.71. The lowest BCUT2D eigenvalue weighted by atomic mass is 9.80. The van der Waals surface area contributed by atoms with Crippen LogP contribution in [0.25, 0.3) is 0 Å². The van der Waals surface area contributed by atoms with E-state index in [0.717, 1.165) is 30.9 Å². The Hall–Kier alpha value is -2.18. The van der Waals surface area contributed by atoms with E-state index >= 15 is 0 Å². The van der Waals surface area contributed by atoms with Gasteiger partial charge in [-0.15, -0.1) is 13.2 Å². The first-order chi connectivity index (χ1) is 15.7. The Bertz CT molecular complexity index is 937. The summed E-state index contributed by atoms with van der Waals surface area (Å²) in [5, 5.41) is 0. The minimum absolute atomic E-state index is 0.0707. The van der Waals surface area contributed by atoms with Gasteiger partial charge in [0.1, 0.15) is 5.82 Å². The maximum Gasteiger partial charge on any atom is 0.573 e. The molecule has 1 aliphatic rings. The average molecular weight is 473 g/mol. The zero-order valence-electron chi connectivity index (χ0n) is 18.8. The molecule has 2 aromatic carbocycles. The quantitative estimate of drug-likeness (QED) is 0.250. The maximum atomic E-state index is 14.6. The number of benzene rings is 2. The van der Waals surface area contributed by atoms with Crippen molar-refractivity contribution in [3.8, 4) is 5.75 Å². The molecule has 0 fully saturated rings. The van der Waals surface area contributed by atoms with Crippen molar-refractivity contribution in [3.63, 3.8) is 0 Å². The van der Waals surface area contributed by atoms with Crippen LogP contribution >= 0.6 is 0 Å². The number of alkyl halides is 3. The van der Waals surface area contributed by atoms with Crippen LogP contribution in [0.15, 0.2) is 24.3 Å². The number of hydrogen-bond donors (Lipinski definition) is 0. The third-order valence-electron chi connectivity index (χ3n) is 6.41. The van der Waals surface area contributed by atoms with Gasteiger partial charge < -0.3 is 4.74 Å². The Labute approximate surface area is 191 Å². The Morgan fingerprint density at radius 2 is 1.70 bits per heavy atom. The van der Waals surface area contributed by atoms with Crippen molar-refractivity contribution in [3.05, 3.63) is 64.0 Å². The van der Waals surface area contributed by atoms with E-state index in [2.05, 4.69) is 11.7 Å². The molecule has 0 saturated carbocycles. The van der Waals surface area contributed by atoms with Crippen molar-refractivity contribution in [2.75, 3.05) is 0 Å². The van der Waals surface area contributed by atoms with Gasteiger partial charge in [0, 0.05) is 0 Å². The Balaban J connectivity index is 1.57. The first kappa shape index (κ1) is 25.4. The summed E-state index contributed by atoms with van der Waals surface area (Å²) in [6.45, 7) is 2.17. The topological polar surface area (TPSA) is 9.23 Å². The molecule has 0 spiro atoms. The van der Waals surface area contributed by atoms with Crippen molar-refractivity contribution < 1.29 is 31.1 Å². The highest BCUT2D eigenvalue weighted by molar-refractivity contribution is 5.41. The minimum Gasteiger partial charge on any atom is -0.399 e. The van der Waals surface area contributed by atoms with Gasteiger partial charge in [-0.2, -0.15) is 0 Å². The van der Waals surface area contributed by atoms with Gasteiger partial charge in [0.05, 0.1) is 0 Å². The molecule has 2 aromatic rings. The zero-order valence-corrected chi connectivity index (χ0v) is 18.8. The molecule has 3 rings (SSSR count). The van der Waals surface area contributed by atoms with Gasteiger partial charge in [-0.3, -0.25) is 0 Å². The summed E-state index contributed by atoms with van der Waals surface area (Å²) in [4.78, 5) is 0. The predicted octanol–water partition coefficient (Wildman–Crippen LogP) is 8.25. The molecule has 0 N–H and O–H groups in total. The normalized spacial score (nSPS) is 16.0. The molecule has 1 atom stereocenters. The van der Waals surface area contributed by atoms with Gasteiger partial charge in [-0.05, 0) is 85.3 Å². The van der Waals surface area contributed by atoms with Crippen molar-refractivity contribution in [1.82, 2.24) is 0 Å². The van der Waals surface area contributed by atoms with Crippen LogP contribution in [0.1, 0.15) is 74.1 Å². The molecule has 0 radical (unpaired) electrons. The third-order valence-corrected chi connectivity index (χ3v) is 6.41. The molecule has 0 aromatic heterocycles. The molecule has 0 saturated heterocycles. The maximum absolute atomic E-state index is 14.6. The monoisotopic (exact) mass is 472 g/mol. The van der Waals surface area contributed by atoms with Gasteiger partial charge in [-0.1, -0.05) is 44.7 Å². The second-order valence-corrected chi connectivity index (χ2v) is 8.92. The van der Waals surface area contributed by atoms with Crippen molar-refractivity contribution in [2.45, 2.75) is 83.9 Å². The number of unbranched alkanes of at least 4 members (excludes halogenated alkanes) is 4. The number of aryl methyl sites for hydroxylation is 2. The van der Waals surface area contributed by atoms with E-state index in [-0.39, 0.29) is 23.7 Å². The van der Waals surface area contributed by atoms with E-state index in [1.54, 1.807) is 6.07 Å². The van der Waals surface area contributed by atoms with Crippen LogP contribution < -0.4 is 4.74 Å². The number of rotatable bonds is 10. The van der Waals surface area contributed by atoms with Gasteiger partial charge in [0.2, 0.25) is 5.75 Å². The predicted molar refractivity (Wildman–Crippen MR) is 116 cm³/mol. The van der Waals surface area contributed by atoms with E-state index in [1.807, 2.05) is 12.1 Å². The van der Waals surface area contributed by atoms with Gasteiger partial charge in [-0.25, -0.2) is 13.2 Å². The van der Waals surface area contributed by atoms with Gasteiger partial charge >= 0.3 is 6.36 Å². The number of ether oxygens (including phenoxy) is 1. The van der Waals surface area contributed by atoms with Crippen LogP contribution in [-0.2, 0) is 25.7 Å². The number of halogens is 6. The first-order valence-electron chi connectivity index (χ1n) is 11.7. The summed E-state index contributed by atoms with van der Waals surface area (Å²) in [5.74, 6) is -4.20. The number of hydrogen-bond acceptors (Lipinski definition) is 1. The van der Waals surface area contributed by atoms with Crippen molar-refractivity contribution in [2.24, 2.45) is 5.92 Å². The molecule has 1 nitrogen and oxygen atoms in total. The minimum atomic E-state index is -5.16. The zero-order chi connectivity index (χ0) is 24.0. The first-order valence-corrected chi connectivity index (χ1v) is 11.7. The standard InChI is InChI=1S/C26H30F6O/c1-2-3-4-5-6-7-17-8-11-19(22(27)15-17)12-9-18-10-13-21-20(14-18)16-23(28)25(24(21)29)33-26(30,31)32/h8,11,15-16,18H,2-7,9-10,12-14H2,1H3. The fourth-order valence-electron chi connectivity index (χ4n) is 4.60. The summed E-state index contributed by atoms with van der Waals surface area (Å²) < 4.78 is 83.9. The van der Waals surface area contributed by atoms with Crippen LogP contribution in [0.4, 0.5) is 26.3 Å². The van der Waals surface area contributed by atoms with Crippen LogP contribution in [0.5, 0.6) is 5.75 Å². The summed E-state index contributed by atoms with van der Waals surface area (Å²) in [5.41, 5.74) is 2.03. The fourth-order valence-corrected chi connectivity index (χ4v) is 4.60. The van der Waals surface area contributed by atoms with Crippen molar-refractivity contribution in [1.29, 1.82) is 0 Å². The lowest BCUT2D eigenvalue weighted by molar-refractivity contribution is -0.276. The molecule has 182 valence electrons. The van der Waals surface area contributed by atoms with Crippen LogP contribution in [0, 0.1) is 23.4 Å². The Morgan fingerprint density at radius 3 is 2.39 bits per heavy atom. The van der Waals surface area contributed by atoms with E-state index in [1.165, 1.54) is 19.3 Å². The summed E-state index contributed by atoms with van der Waals surface area (Å²) in [7, 11) is 0. The Kier molecular flexibility index (Phi) is 8.71. The average Bonchev–Trinajstić information content (AvgIpc) is 2.75. The molecule has 33 heavy (non-hydrogen) atoms. The smallest absolute Gasteiger partial charge is 0.399 e. The van der Waals surface area contributed by atoms with Gasteiger partial charge in [0.25, 0.3) is 0 Å².